The van der Waals surface area contributed by atoms with Gasteiger partial charge < -0.3 is 5.32 Å². The molecule has 1 N–H and O–H groups in total. The number of benzene rings is 2. The van der Waals surface area contributed by atoms with E-state index in [-0.39, 0.29) is 23.2 Å². The topological polar surface area (TPSA) is 64.0 Å². The molecule has 0 saturated carbocycles. The van der Waals surface area contributed by atoms with Crippen LogP contribution in [0.5, 0.6) is 0 Å². The predicted molar refractivity (Wildman–Crippen MR) is 89.3 cm³/mol. The number of rotatable bonds is 3. The molecule has 3 rings (SSSR count). The lowest BCUT2D eigenvalue weighted by Gasteiger charge is -2.16. The molecule has 23 heavy (non-hydrogen) atoms. The summed E-state index contributed by atoms with van der Waals surface area (Å²) in [6, 6.07) is 16.7. The number of fused-ring (bicyclic) bond motifs is 1. The molecule has 0 aliphatic heterocycles. The van der Waals surface area contributed by atoms with Gasteiger partial charge >= 0.3 is 0 Å². The van der Waals surface area contributed by atoms with Crippen LogP contribution in [0.25, 0.3) is 10.8 Å². The van der Waals surface area contributed by atoms with Gasteiger partial charge in [0.1, 0.15) is 5.69 Å². The van der Waals surface area contributed by atoms with Crippen molar-refractivity contribution in [2.75, 3.05) is 0 Å². The van der Waals surface area contributed by atoms with Gasteiger partial charge in [0.05, 0.1) is 6.04 Å². The van der Waals surface area contributed by atoms with E-state index >= 15 is 0 Å². The summed E-state index contributed by atoms with van der Waals surface area (Å²) in [5.41, 5.74) is 1.02. The van der Waals surface area contributed by atoms with Crippen molar-refractivity contribution in [3.8, 4) is 0 Å². The Balaban J connectivity index is 1.88. The number of aromatic nitrogens is 2. The maximum Gasteiger partial charge on any atom is 0.272 e. The largest absolute Gasteiger partial charge is 0.344 e. The van der Waals surface area contributed by atoms with Crippen molar-refractivity contribution in [3.63, 3.8) is 0 Å². The van der Waals surface area contributed by atoms with Crippen LogP contribution >= 0.6 is 0 Å². The zero-order chi connectivity index (χ0) is 16.4. The van der Waals surface area contributed by atoms with Crippen LogP contribution in [0, 0.1) is 0 Å². The van der Waals surface area contributed by atoms with Gasteiger partial charge in [-0.3, -0.25) is 9.59 Å². The predicted octanol–water partition coefficient (Wildman–Crippen LogP) is 2.42. The molecule has 1 amide bonds. The molecular formula is C18H17N3O2. The second-order valence-corrected chi connectivity index (χ2v) is 5.44. The summed E-state index contributed by atoms with van der Waals surface area (Å²) < 4.78 is 1.15. The van der Waals surface area contributed by atoms with E-state index in [4.69, 9.17) is 0 Å². The zero-order valence-electron chi connectivity index (χ0n) is 13.0. The van der Waals surface area contributed by atoms with E-state index in [2.05, 4.69) is 10.4 Å². The Morgan fingerprint density at radius 2 is 1.83 bits per heavy atom. The van der Waals surface area contributed by atoms with E-state index in [0.717, 1.165) is 21.0 Å². The summed E-state index contributed by atoms with van der Waals surface area (Å²) in [6.45, 7) is 1.93. The van der Waals surface area contributed by atoms with Crippen LogP contribution in [0.1, 0.15) is 29.0 Å². The van der Waals surface area contributed by atoms with Crippen molar-refractivity contribution < 1.29 is 4.79 Å². The van der Waals surface area contributed by atoms with Crippen LogP contribution in [-0.2, 0) is 7.05 Å². The average molecular weight is 307 g/mol. The van der Waals surface area contributed by atoms with Gasteiger partial charge in [-0.25, -0.2) is 4.68 Å². The van der Waals surface area contributed by atoms with E-state index in [9.17, 15) is 9.59 Å². The van der Waals surface area contributed by atoms with Gasteiger partial charge in [-0.05, 0) is 29.3 Å². The first kappa shape index (κ1) is 15.0. The molecule has 0 bridgehead atoms. The van der Waals surface area contributed by atoms with E-state index in [1.165, 1.54) is 19.2 Å². The fraction of sp³-hybridized carbons (Fsp3) is 0.167. The van der Waals surface area contributed by atoms with Crippen LogP contribution in [0.15, 0.2) is 59.4 Å². The number of aryl methyl sites for hydroxylation is 1. The molecule has 0 unspecified atom stereocenters. The molecule has 0 radical (unpaired) electrons. The second-order valence-electron chi connectivity index (χ2n) is 5.44. The Morgan fingerprint density at radius 3 is 2.61 bits per heavy atom. The highest BCUT2D eigenvalue weighted by Crippen LogP contribution is 2.24. The highest BCUT2D eigenvalue weighted by atomic mass is 16.2. The Morgan fingerprint density at radius 1 is 1.09 bits per heavy atom. The first-order chi connectivity index (χ1) is 11.1. The van der Waals surface area contributed by atoms with Crippen LogP contribution in [-0.4, -0.2) is 15.7 Å². The Bertz CT molecular complexity index is 925. The van der Waals surface area contributed by atoms with Crippen molar-refractivity contribution in [1.82, 2.24) is 15.1 Å². The lowest BCUT2D eigenvalue weighted by Crippen LogP contribution is -2.30. The molecule has 0 aliphatic rings. The maximum atomic E-state index is 12.3. The third-order valence-corrected chi connectivity index (χ3v) is 3.83. The van der Waals surface area contributed by atoms with Crippen molar-refractivity contribution >= 4 is 16.7 Å². The Kier molecular flexibility index (Phi) is 3.93. The fourth-order valence-electron chi connectivity index (χ4n) is 2.60. The molecule has 0 aliphatic carbocycles. The van der Waals surface area contributed by atoms with Gasteiger partial charge in [0, 0.05) is 13.1 Å². The minimum absolute atomic E-state index is 0.173. The molecule has 0 saturated heterocycles. The highest BCUT2D eigenvalue weighted by molar-refractivity contribution is 5.93. The lowest BCUT2D eigenvalue weighted by atomic mass is 9.99. The minimum atomic E-state index is -0.305. The number of amides is 1. The third kappa shape index (κ3) is 2.99. The van der Waals surface area contributed by atoms with Gasteiger partial charge in [-0.1, -0.05) is 42.5 Å². The highest BCUT2D eigenvalue weighted by Gasteiger charge is 2.15. The molecule has 1 aromatic heterocycles. The maximum absolute atomic E-state index is 12.3. The average Bonchev–Trinajstić information content (AvgIpc) is 2.56. The van der Waals surface area contributed by atoms with Crippen molar-refractivity contribution in [1.29, 1.82) is 0 Å². The number of nitrogens with one attached hydrogen (secondary N) is 1. The summed E-state index contributed by atoms with van der Waals surface area (Å²) in [6.07, 6.45) is 0. The Hall–Kier alpha value is -2.95. The number of hydrogen-bond acceptors (Lipinski definition) is 3. The van der Waals surface area contributed by atoms with Gasteiger partial charge in [0.2, 0.25) is 0 Å². The summed E-state index contributed by atoms with van der Waals surface area (Å²) >= 11 is 0. The van der Waals surface area contributed by atoms with Crippen LogP contribution in [0.3, 0.4) is 0 Å². The van der Waals surface area contributed by atoms with E-state index in [1.54, 1.807) is 0 Å². The molecule has 0 fully saturated rings. The van der Waals surface area contributed by atoms with Gasteiger partial charge in [-0.15, -0.1) is 0 Å². The molecule has 1 heterocycles. The normalized spacial score (nSPS) is 12.1. The van der Waals surface area contributed by atoms with E-state index in [0.29, 0.717) is 0 Å². The smallest absolute Gasteiger partial charge is 0.272 e. The third-order valence-electron chi connectivity index (χ3n) is 3.83. The molecule has 3 aromatic rings. The quantitative estimate of drug-likeness (QED) is 0.808. The standard InChI is InChI=1S/C18H17N3O2/c1-12(14-9-5-7-13-6-3-4-8-15(13)14)19-18(23)16-10-11-17(22)21(2)20-16/h3-12H,1-2H3,(H,19,23)/t12-/m1/s1. The first-order valence-corrected chi connectivity index (χ1v) is 7.39. The van der Waals surface area contributed by atoms with Crippen LogP contribution in [0.2, 0.25) is 0 Å². The SMILES string of the molecule is C[C@@H](NC(=O)c1ccc(=O)n(C)n1)c1cccc2ccccc12. The fourth-order valence-corrected chi connectivity index (χ4v) is 2.60. The molecule has 0 spiro atoms. The molecule has 1 atom stereocenters. The number of carbonyl (C=O) groups excluding carboxylic acids is 1. The first-order valence-electron chi connectivity index (χ1n) is 7.39. The van der Waals surface area contributed by atoms with Crippen molar-refractivity contribution in [2.24, 2.45) is 7.05 Å². The van der Waals surface area contributed by atoms with Crippen LogP contribution in [0.4, 0.5) is 0 Å². The summed E-state index contributed by atoms with van der Waals surface area (Å²) in [5.74, 6) is -0.305. The van der Waals surface area contributed by atoms with Gasteiger partial charge in [0.15, 0.2) is 0 Å². The second kappa shape index (κ2) is 6.04. The molecular weight excluding hydrogens is 290 g/mol. The van der Waals surface area contributed by atoms with Gasteiger partial charge in [0.25, 0.3) is 11.5 Å². The molecule has 5 heteroatoms. The summed E-state index contributed by atoms with van der Waals surface area (Å²) in [4.78, 5) is 23.7. The lowest BCUT2D eigenvalue weighted by molar-refractivity contribution is 0.0932. The molecule has 5 nitrogen and oxygen atoms in total. The summed E-state index contributed by atoms with van der Waals surface area (Å²) in [5, 5.41) is 9.15. The number of nitrogens with zero attached hydrogens (tertiary/aromatic N) is 2. The van der Waals surface area contributed by atoms with Crippen LogP contribution < -0.4 is 10.9 Å². The minimum Gasteiger partial charge on any atom is -0.344 e. The zero-order valence-corrected chi connectivity index (χ0v) is 13.0. The Labute approximate surface area is 133 Å². The summed E-state index contributed by atoms with van der Waals surface area (Å²) in [7, 11) is 1.52. The van der Waals surface area contributed by atoms with Gasteiger partial charge in [-0.2, -0.15) is 5.10 Å². The van der Waals surface area contributed by atoms with Crippen molar-refractivity contribution in [3.05, 3.63) is 76.2 Å². The van der Waals surface area contributed by atoms with E-state index < -0.39 is 0 Å². The number of hydrogen-bond donors (Lipinski definition) is 1. The van der Waals surface area contributed by atoms with Crippen molar-refractivity contribution in [2.45, 2.75) is 13.0 Å². The molecule has 116 valence electrons. The molecule has 2 aromatic carbocycles. The van der Waals surface area contributed by atoms with E-state index in [1.807, 2.05) is 49.4 Å². The number of carbonyl (C=O) groups is 1. The monoisotopic (exact) mass is 307 g/mol.